The second-order valence-corrected chi connectivity index (χ2v) is 5.35. The van der Waals surface area contributed by atoms with Gasteiger partial charge in [-0.3, -0.25) is 0 Å². The van der Waals surface area contributed by atoms with Crippen LogP contribution in [0.2, 0.25) is 0 Å². The van der Waals surface area contributed by atoms with Crippen molar-refractivity contribution >= 4 is 0 Å². The quantitative estimate of drug-likeness (QED) is 0.877. The van der Waals surface area contributed by atoms with E-state index in [0.29, 0.717) is 6.04 Å². The molecule has 1 aromatic carbocycles. The van der Waals surface area contributed by atoms with Gasteiger partial charge in [-0.2, -0.15) is 0 Å². The van der Waals surface area contributed by atoms with Gasteiger partial charge in [-0.05, 0) is 49.3 Å². The third-order valence-corrected chi connectivity index (χ3v) is 4.17. The first kappa shape index (κ1) is 11.8. The zero-order valence-corrected chi connectivity index (χ0v) is 10.9. The summed E-state index contributed by atoms with van der Waals surface area (Å²) in [5.74, 6) is 1.47. The molecule has 1 fully saturated rings. The maximum Gasteiger partial charge on any atom is 0.0876 e. The van der Waals surface area contributed by atoms with Crippen molar-refractivity contribution < 1.29 is 4.74 Å². The van der Waals surface area contributed by atoms with Crippen LogP contribution in [0.25, 0.3) is 0 Å². The van der Waals surface area contributed by atoms with Gasteiger partial charge in [0.25, 0.3) is 0 Å². The topological polar surface area (TPSA) is 21.3 Å². The molecule has 1 aliphatic heterocycles. The monoisotopic (exact) mass is 243 g/mol. The molecule has 3 atom stereocenters. The van der Waals surface area contributed by atoms with Crippen LogP contribution in [-0.2, 0) is 4.74 Å². The van der Waals surface area contributed by atoms with Crippen LogP contribution in [0.4, 0.5) is 0 Å². The minimum Gasteiger partial charge on any atom is -0.501 e. The molecule has 18 heavy (non-hydrogen) atoms. The summed E-state index contributed by atoms with van der Waals surface area (Å²) in [4.78, 5) is 0. The minimum atomic E-state index is 0.496. The number of rotatable bonds is 4. The van der Waals surface area contributed by atoms with Gasteiger partial charge in [0.15, 0.2) is 0 Å². The molecular weight excluding hydrogens is 222 g/mol. The first-order valence-corrected chi connectivity index (χ1v) is 6.93. The fourth-order valence-electron chi connectivity index (χ4n) is 3.15. The molecule has 0 radical (unpaired) electrons. The first-order valence-electron chi connectivity index (χ1n) is 6.93. The Hall–Kier alpha value is -1.28. The highest BCUT2D eigenvalue weighted by atomic mass is 16.5. The van der Waals surface area contributed by atoms with Crippen LogP contribution >= 0.6 is 0 Å². The minimum absolute atomic E-state index is 0.496. The van der Waals surface area contributed by atoms with E-state index in [2.05, 4.69) is 42.7 Å². The summed E-state index contributed by atoms with van der Waals surface area (Å²) in [6.07, 6.45) is 5.63. The van der Waals surface area contributed by atoms with Crippen molar-refractivity contribution in [2.75, 3.05) is 13.7 Å². The maximum atomic E-state index is 5.48. The molecule has 2 heteroatoms. The summed E-state index contributed by atoms with van der Waals surface area (Å²) >= 11 is 0. The standard InChI is InChI=1S/C16H21NO/c1-17-16(13-8-5-9-18-11-13)15-10-14(15)12-6-3-2-4-7-12/h2-4,6-7,11,14-17H,5,8-10H2,1H3. The maximum absolute atomic E-state index is 5.48. The van der Waals surface area contributed by atoms with Crippen molar-refractivity contribution in [1.29, 1.82) is 0 Å². The molecular formula is C16H21NO. The van der Waals surface area contributed by atoms with Gasteiger partial charge in [0.05, 0.1) is 12.9 Å². The molecule has 1 aromatic rings. The van der Waals surface area contributed by atoms with Gasteiger partial charge in [-0.15, -0.1) is 0 Å². The van der Waals surface area contributed by atoms with Crippen molar-refractivity contribution in [2.24, 2.45) is 5.92 Å². The van der Waals surface area contributed by atoms with E-state index in [1.165, 1.54) is 24.0 Å². The highest BCUT2D eigenvalue weighted by Gasteiger charge is 2.44. The summed E-state index contributed by atoms with van der Waals surface area (Å²) in [7, 11) is 2.07. The fraction of sp³-hybridized carbons (Fsp3) is 0.500. The normalized spacial score (nSPS) is 28.2. The lowest BCUT2D eigenvalue weighted by atomic mass is 9.95. The lowest BCUT2D eigenvalue weighted by molar-refractivity contribution is 0.218. The van der Waals surface area contributed by atoms with Crippen LogP contribution in [-0.4, -0.2) is 19.7 Å². The third kappa shape index (κ3) is 2.30. The molecule has 1 N–H and O–H groups in total. The van der Waals surface area contributed by atoms with E-state index in [1.807, 2.05) is 6.26 Å². The van der Waals surface area contributed by atoms with Crippen molar-refractivity contribution in [3.63, 3.8) is 0 Å². The lowest BCUT2D eigenvalue weighted by Gasteiger charge is -2.23. The van der Waals surface area contributed by atoms with Crippen molar-refractivity contribution in [1.82, 2.24) is 5.32 Å². The van der Waals surface area contributed by atoms with Gasteiger partial charge in [-0.1, -0.05) is 30.3 Å². The van der Waals surface area contributed by atoms with Gasteiger partial charge < -0.3 is 10.1 Å². The van der Waals surface area contributed by atoms with Crippen molar-refractivity contribution in [3.05, 3.63) is 47.7 Å². The fourth-order valence-corrected chi connectivity index (χ4v) is 3.15. The average Bonchev–Trinajstić information content (AvgIpc) is 3.22. The summed E-state index contributed by atoms with van der Waals surface area (Å²) < 4.78 is 5.48. The summed E-state index contributed by atoms with van der Waals surface area (Å²) in [5.41, 5.74) is 2.94. The number of nitrogens with one attached hydrogen (secondary N) is 1. The molecule has 2 aliphatic rings. The van der Waals surface area contributed by atoms with Crippen LogP contribution in [0.3, 0.4) is 0 Å². The Bertz CT molecular complexity index is 426. The molecule has 1 aliphatic carbocycles. The van der Waals surface area contributed by atoms with E-state index in [-0.39, 0.29) is 0 Å². The van der Waals surface area contributed by atoms with E-state index < -0.39 is 0 Å². The largest absolute Gasteiger partial charge is 0.501 e. The molecule has 0 spiro atoms. The molecule has 0 saturated heterocycles. The predicted molar refractivity (Wildman–Crippen MR) is 73.4 cm³/mol. The molecule has 0 amide bonds. The lowest BCUT2D eigenvalue weighted by Crippen LogP contribution is -2.31. The second kappa shape index (κ2) is 5.15. The Morgan fingerprint density at radius 2 is 2.11 bits per heavy atom. The van der Waals surface area contributed by atoms with E-state index in [4.69, 9.17) is 4.74 Å². The number of benzene rings is 1. The van der Waals surface area contributed by atoms with Gasteiger partial charge in [0.2, 0.25) is 0 Å². The molecule has 0 bridgehead atoms. The number of ether oxygens (including phenoxy) is 1. The average molecular weight is 243 g/mol. The van der Waals surface area contributed by atoms with E-state index in [1.54, 1.807) is 0 Å². The molecule has 96 valence electrons. The zero-order chi connectivity index (χ0) is 12.4. The number of likely N-dealkylation sites (N-methyl/N-ethyl adjacent to an activating group) is 1. The summed E-state index contributed by atoms with van der Waals surface area (Å²) in [6, 6.07) is 11.4. The summed E-state index contributed by atoms with van der Waals surface area (Å²) in [6.45, 7) is 0.882. The molecule has 2 nitrogen and oxygen atoms in total. The third-order valence-electron chi connectivity index (χ3n) is 4.17. The summed E-state index contributed by atoms with van der Waals surface area (Å²) in [5, 5.41) is 3.49. The Labute approximate surface area is 109 Å². The van der Waals surface area contributed by atoms with Gasteiger partial charge in [0, 0.05) is 6.04 Å². The zero-order valence-electron chi connectivity index (χ0n) is 10.9. The van der Waals surface area contributed by atoms with Gasteiger partial charge >= 0.3 is 0 Å². The second-order valence-electron chi connectivity index (χ2n) is 5.35. The highest BCUT2D eigenvalue weighted by molar-refractivity contribution is 5.29. The Kier molecular flexibility index (Phi) is 3.37. The first-order chi connectivity index (χ1) is 8.90. The van der Waals surface area contributed by atoms with Crippen LogP contribution in [0.1, 0.15) is 30.7 Å². The predicted octanol–water partition coefficient (Wildman–Crippen LogP) is 3.07. The van der Waals surface area contributed by atoms with Crippen molar-refractivity contribution in [3.8, 4) is 0 Å². The Morgan fingerprint density at radius 3 is 2.78 bits per heavy atom. The molecule has 3 rings (SSSR count). The molecule has 1 saturated carbocycles. The van der Waals surface area contributed by atoms with Crippen LogP contribution in [0.5, 0.6) is 0 Å². The smallest absolute Gasteiger partial charge is 0.0876 e. The molecule has 1 heterocycles. The Morgan fingerprint density at radius 1 is 1.28 bits per heavy atom. The van der Waals surface area contributed by atoms with Crippen LogP contribution in [0, 0.1) is 5.92 Å². The number of hydrogen-bond donors (Lipinski definition) is 1. The van der Waals surface area contributed by atoms with Crippen molar-refractivity contribution in [2.45, 2.75) is 31.2 Å². The van der Waals surface area contributed by atoms with Gasteiger partial charge in [-0.25, -0.2) is 0 Å². The van der Waals surface area contributed by atoms with Crippen LogP contribution < -0.4 is 5.32 Å². The SMILES string of the molecule is CNC(C1=COCCC1)C1CC1c1ccccc1. The van der Waals surface area contributed by atoms with Crippen LogP contribution in [0.15, 0.2) is 42.2 Å². The highest BCUT2D eigenvalue weighted by Crippen LogP contribution is 2.51. The van der Waals surface area contributed by atoms with E-state index in [0.717, 1.165) is 24.9 Å². The Balaban J connectivity index is 1.70. The number of hydrogen-bond acceptors (Lipinski definition) is 2. The van der Waals surface area contributed by atoms with E-state index in [9.17, 15) is 0 Å². The molecule has 3 unspecified atom stereocenters. The van der Waals surface area contributed by atoms with Gasteiger partial charge in [0.1, 0.15) is 0 Å². The van der Waals surface area contributed by atoms with E-state index >= 15 is 0 Å². The molecule has 0 aromatic heterocycles.